The maximum absolute atomic E-state index is 12.1. The van der Waals surface area contributed by atoms with Crippen molar-refractivity contribution in [2.75, 3.05) is 0 Å². The number of aliphatic imine (C=N–C) groups is 1. The first-order chi connectivity index (χ1) is 11.1. The molecule has 0 aliphatic carbocycles. The second-order valence-electron chi connectivity index (χ2n) is 5.00. The summed E-state index contributed by atoms with van der Waals surface area (Å²) in [6, 6.07) is 7.65. The van der Waals surface area contributed by atoms with Crippen molar-refractivity contribution >= 4 is 45.4 Å². The number of para-hydroxylation sites is 1. The van der Waals surface area contributed by atoms with Crippen molar-refractivity contribution in [3.8, 4) is 5.75 Å². The first-order valence-electron chi connectivity index (χ1n) is 7.06. The molecule has 0 radical (unpaired) electrons. The Kier molecular flexibility index (Phi) is 4.78. The summed E-state index contributed by atoms with van der Waals surface area (Å²) in [5.41, 5.74) is 0.870. The van der Waals surface area contributed by atoms with Crippen LogP contribution in [0.5, 0.6) is 5.75 Å². The van der Waals surface area contributed by atoms with E-state index in [2.05, 4.69) is 15.3 Å². The summed E-state index contributed by atoms with van der Waals surface area (Å²) in [4.78, 5) is 21.1. The fraction of sp³-hybridized carbons (Fsp3) is 0.188. The number of hydrogen-bond donors (Lipinski definition) is 1. The van der Waals surface area contributed by atoms with Crippen molar-refractivity contribution in [2.45, 2.75) is 20.0 Å². The van der Waals surface area contributed by atoms with E-state index in [1.54, 1.807) is 6.20 Å². The van der Waals surface area contributed by atoms with Gasteiger partial charge in [0.2, 0.25) is 5.13 Å². The number of nitrogens with one attached hydrogen (secondary N) is 1. The lowest BCUT2D eigenvalue weighted by molar-refractivity contribution is -0.115. The van der Waals surface area contributed by atoms with Crippen LogP contribution < -0.4 is 10.1 Å². The van der Waals surface area contributed by atoms with Crippen molar-refractivity contribution in [1.29, 1.82) is 0 Å². The number of aromatic nitrogens is 1. The van der Waals surface area contributed by atoms with E-state index in [-0.39, 0.29) is 12.0 Å². The molecule has 0 atom stereocenters. The molecule has 1 saturated heterocycles. The highest BCUT2D eigenvalue weighted by Crippen LogP contribution is 2.31. The van der Waals surface area contributed by atoms with Gasteiger partial charge in [-0.05, 0) is 37.8 Å². The summed E-state index contributed by atoms with van der Waals surface area (Å²) >= 11 is 2.72. The molecule has 1 aliphatic heterocycles. The number of thioether (sulfide) groups is 1. The van der Waals surface area contributed by atoms with Gasteiger partial charge in [-0.3, -0.25) is 4.79 Å². The van der Waals surface area contributed by atoms with Crippen LogP contribution in [-0.2, 0) is 4.79 Å². The zero-order valence-electron chi connectivity index (χ0n) is 12.6. The van der Waals surface area contributed by atoms with Gasteiger partial charge >= 0.3 is 0 Å². The summed E-state index contributed by atoms with van der Waals surface area (Å²) in [5.74, 6) is 0.596. The number of thiazole rings is 1. The topological polar surface area (TPSA) is 63.6 Å². The Morgan fingerprint density at radius 1 is 1.35 bits per heavy atom. The maximum atomic E-state index is 12.1. The van der Waals surface area contributed by atoms with Crippen LogP contribution in [0.25, 0.3) is 6.08 Å². The second-order valence-corrected chi connectivity index (χ2v) is 6.90. The number of ether oxygens (including phenoxy) is 1. The lowest BCUT2D eigenvalue weighted by Crippen LogP contribution is -2.19. The average Bonchev–Trinajstić information content (AvgIpc) is 3.11. The van der Waals surface area contributed by atoms with E-state index in [1.165, 1.54) is 23.1 Å². The molecule has 2 aromatic rings. The minimum absolute atomic E-state index is 0.0710. The Morgan fingerprint density at radius 2 is 2.17 bits per heavy atom. The Morgan fingerprint density at radius 3 is 2.91 bits per heavy atom. The third kappa shape index (κ3) is 4.00. The minimum Gasteiger partial charge on any atom is -0.490 e. The van der Waals surface area contributed by atoms with E-state index in [9.17, 15) is 4.79 Å². The molecular formula is C16H15N3O2S2. The molecule has 1 amide bonds. The number of hydrogen-bond acceptors (Lipinski definition) is 6. The van der Waals surface area contributed by atoms with Crippen LogP contribution in [-0.4, -0.2) is 22.2 Å². The number of nitrogens with zero attached hydrogens (tertiary/aromatic N) is 2. The average molecular weight is 345 g/mol. The predicted molar refractivity (Wildman–Crippen MR) is 95.1 cm³/mol. The number of carbonyl (C=O) groups is 1. The van der Waals surface area contributed by atoms with E-state index < -0.39 is 0 Å². The summed E-state index contributed by atoms with van der Waals surface area (Å²) < 4.78 is 5.78. The van der Waals surface area contributed by atoms with Gasteiger partial charge in [-0.2, -0.15) is 4.99 Å². The van der Waals surface area contributed by atoms with Gasteiger partial charge in [0.05, 0.1) is 11.0 Å². The zero-order chi connectivity index (χ0) is 16.2. The first-order valence-corrected chi connectivity index (χ1v) is 8.76. The van der Waals surface area contributed by atoms with Crippen LogP contribution in [0.15, 0.2) is 45.7 Å². The number of rotatable bonds is 4. The monoisotopic (exact) mass is 345 g/mol. The van der Waals surface area contributed by atoms with Gasteiger partial charge in [0.15, 0.2) is 5.17 Å². The SMILES string of the molecule is CC(C)Oc1ccccc1C=C1SC(=Nc2nccs2)NC1=O. The zero-order valence-corrected chi connectivity index (χ0v) is 14.3. The molecule has 1 aromatic heterocycles. The summed E-state index contributed by atoms with van der Waals surface area (Å²) in [6.45, 7) is 3.94. The molecule has 23 heavy (non-hydrogen) atoms. The Bertz CT molecular complexity index is 767. The van der Waals surface area contributed by atoms with Crippen molar-refractivity contribution in [1.82, 2.24) is 10.3 Å². The molecule has 0 bridgehead atoms. The van der Waals surface area contributed by atoms with Gasteiger partial charge in [-0.1, -0.05) is 18.2 Å². The summed E-state index contributed by atoms with van der Waals surface area (Å²) in [7, 11) is 0. The quantitative estimate of drug-likeness (QED) is 0.856. The molecular weight excluding hydrogens is 330 g/mol. The molecule has 5 nitrogen and oxygen atoms in total. The lowest BCUT2D eigenvalue weighted by Gasteiger charge is -2.12. The van der Waals surface area contributed by atoms with Gasteiger partial charge < -0.3 is 10.1 Å². The second kappa shape index (κ2) is 6.97. The molecule has 2 heterocycles. The standard InChI is InChI=1S/C16H15N3O2S2/c1-10(2)21-12-6-4-3-5-11(12)9-13-14(20)18-16(23-13)19-15-17-7-8-22-15/h3-10H,1-2H3,(H,17,18,19,20). The van der Waals surface area contributed by atoms with Crippen molar-refractivity contribution in [3.05, 3.63) is 46.3 Å². The Labute approximate surface area is 142 Å². The molecule has 0 saturated carbocycles. The molecule has 0 spiro atoms. The number of benzene rings is 1. The van der Waals surface area contributed by atoms with Gasteiger partial charge in [0.1, 0.15) is 5.75 Å². The van der Waals surface area contributed by atoms with Gasteiger partial charge in [-0.15, -0.1) is 11.3 Å². The van der Waals surface area contributed by atoms with E-state index in [4.69, 9.17) is 4.74 Å². The van der Waals surface area contributed by atoms with Crippen LogP contribution in [0.1, 0.15) is 19.4 Å². The van der Waals surface area contributed by atoms with E-state index >= 15 is 0 Å². The number of amides is 1. The molecule has 118 valence electrons. The van der Waals surface area contributed by atoms with Crippen molar-refractivity contribution < 1.29 is 9.53 Å². The highest BCUT2D eigenvalue weighted by molar-refractivity contribution is 8.18. The van der Waals surface area contributed by atoms with E-state index in [1.807, 2.05) is 49.6 Å². The summed E-state index contributed by atoms with van der Waals surface area (Å²) in [6.07, 6.45) is 3.57. The van der Waals surface area contributed by atoms with Crippen LogP contribution in [0.4, 0.5) is 5.13 Å². The molecule has 0 unspecified atom stereocenters. The van der Waals surface area contributed by atoms with Crippen molar-refractivity contribution in [2.24, 2.45) is 4.99 Å². The van der Waals surface area contributed by atoms with Crippen LogP contribution in [0.3, 0.4) is 0 Å². The fourth-order valence-electron chi connectivity index (χ4n) is 1.94. The maximum Gasteiger partial charge on any atom is 0.264 e. The van der Waals surface area contributed by atoms with Crippen LogP contribution >= 0.6 is 23.1 Å². The van der Waals surface area contributed by atoms with Gasteiger partial charge in [0, 0.05) is 17.1 Å². The lowest BCUT2D eigenvalue weighted by atomic mass is 10.2. The number of carbonyl (C=O) groups excluding carboxylic acids is 1. The molecule has 7 heteroatoms. The van der Waals surface area contributed by atoms with Gasteiger partial charge in [0.25, 0.3) is 5.91 Å². The molecule has 1 aromatic carbocycles. The van der Waals surface area contributed by atoms with E-state index in [0.717, 1.165) is 11.3 Å². The number of amidine groups is 1. The molecule has 3 rings (SSSR count). The van der Waals surface area contributed by atoms with Crippen molar-refractivity contribution in [3.63, 3.8) is 0 Å². The minimum atomic E-state index is -0.162. The van der Waals surface area contributed by atoms with Crippen LogP contribution in [0.2, 0.25) is 0 Å². The first kappa shape index (κ1) is 15.8. The Balaban J connectivity index is 1.85. The molecule has 1 N–H and O–H groups in total. The Hall–Kier alpha value is -2.12. The highest BCUT2D eigenvalue weighted by Gasteiger charge is 2.24. The smallest absolute Gasteiger partial charge is 0.264 e. The van der Waals surface area contributed by atoms with Gasteiger partial charge in [-0.25, -0.2) is 4.98 Å². The summed E-state index contributed by atoms with van der Waals surface area (Å²) in [5, 5.41) is 5.76. The fourth-order valence-corrected chi connectivity index (χ4v) is 3.32. The molecule has 1 aliphatic rings. The largest absolute Gasteiger partial charge is 0.490 e. The van der Waals surface area contributed by atoms with Crippen LogP contribution in [0, 0.1) is 0 Å². The highest BCUT2D eigenvalue weighted by atomic mass is 32.2. The predicted octanol–water partition coefficient (Wildman–Crippen LogP) is 3.82. The third-order valence-electron chi connectivity index (χ3n) is 2.84. The third-order valence-corrected chi connectivity index (χ3v) is 4.41. The molecule has 1 fully saturated rings. The van der Waals surface area contributed by atoms with E-state index in [0.29, 0.717) is 15.2 Å². The normalized spacial score (nSPS) is 18.0.